The van der Waals surface area contributed by atoms with Crippen LogP contribution in [-0.2, 0) is 19.4 Å². The Bertz CT molecular complexity index is 802. The summed E-state index contributed by atoms with van der Waals surface area (Å²) in [6, 6.07) is 7.76. The van der Waals surface area contributed by atoms with E-state index < -0.39 is 0 Å². The highest BCUT2D eigenvalue weighted by molar-refractivity contribution is 5.52. The van der Waals surface area contributed by atoms with Crippen LogP contribution in [0, 0.1) is 0 Å². The average molecular weight is 327 g/mol. The second-order valence-electron chi connectivity index (χ2n) is 6.46. The Hall–Kier alpha value is -2.40. The van der Waals surface area contributed by atoms with Gasteiger partial charge in [-0.2, -0.15) is 0 Å². The summed E-state index contributed by atoms with van der Waals surface area (Å²) < 4.78 is 10.5. The van der Waals surface area contributed by atoms with E-state index in [0.29, 0.717) is 11.5 Å². The Kier molecular flexibility index (Phi) is 3.53. The lowest BCUT2D eigenvalue weighted by Gasteiger charge is -2.41. The lowest BCUT2D eigenvalue weighted by atomic mass is 9.83. The number of methoxy groups -OCH3 is 2. The molecule has 1 atom stereocenters. The van der Waals surface area contributed by atoms with E-state index in [-0.39, 0.29) is 17.5 Å². The maximum atomic E-state index is 10.2. The van der Waals surface area contributed by atoms with E-state index in [9.17, 15) is 10.2 Å². The fourth-order valence-electron chi connectivity index (χ4n) is 3.94. The Balaban J connectivity index is 1.75. The van der Waals surface area contributed by atoms with Crippen LogP contribution in [0.2, 0.25) is 0 Å². The van der Waals surface area contributed by atoms with Gasteiger partial charge in [-0.1, -0.05) is 0 Å². The molecule has 24 heavy (non-hydrogen) atoms. The molecule has 5 nitrogen and oxygen atoms in total. The van der Waals surface area contributed by atoms with Crippen molar-refractivity contribution in [3.8, 4) is 23.0 Å². The second-order valence-corrected chi connectivity index (χ2v) is 6.46. The first-order valence-corrected chi connectivity index (χ1v) is 8.13. The summed E-state index contributed by atoms with van der Waals surface area (Å²) >= 11 is 0. The van der Waals surface area contributed by atoms with E-state index in [1.807, 2.05) is 24.3 Å². The molecule has 126 valence electrons. The molecule has 2 aromatic carbocycles. The van der Waals surface area contributed by atoms with Gasteiger partial charge in [0, 0.05) is 19.1 Å². The van der Waals surface area contributed by atoms with Crippen LogP contribution in [0.4, 0.5) is 0 Å². The van der Waals surface area contributed by atoms with Crippen LogP contribution in [0.5, 0.6) is 23.0 Å². The molecular weight excluding hydrogens is 306 g/mol. The standard InChI is InChI=1S/C19H21NO4/c1-23-18-7-11-3-4-20-10-13-6-16(21)19(24-2)8-12(13)5-15(20)14(11)9-17(18)22/h6-9,15,21-22H,3-5,10H2,1-2H3/t15-/m0/s1. The zero-order valence-corrected chi connectivity index (χ0v) is 13.9. The summed E-state index contributed by atoms with van der Waals surface area (Å²) in [5.41, 5.74) is 4.73. The van der Waals surface area contributed by atoms with Crippen molar-refractivity contribution >= 4 is 0 Å². The van der Waals surface area contributed by atoms with E-state index in [1.54, 1.807) is 14.2 Å². The summed E-state index contributed by atoms with van der Waals surface area (Å²) in [6.45, 7) is 1.75. The van der Waals surface area contributed by atoms with E-state index in [2.05, 4.69) is 4.90 Å². The second kappa shape index (κ2) is 5.60. The Morgan fingerprint density at radius 2 is 1.58 bits per heavy atom. The molecule has 2 heterocycles. The third-order valence-corrected chi connectivity index (χ3v) is 5.20. The number of hydrogen-bond acceptors (Lipinski definition) is 5. The molecule has 0 aromatic heterocycles. The highest BCUT2D eigenvalue weighted by atomic mass is 16.5. The van der Waals surface area contributed by atoms with Gasteiger partial charge in [-0.3, -0.25) is 4.90 Å². The lowest BCUT2D eigenvalue weighted by Crippen LogP contribution is -2.39. The Labute approximate surface area is 141 Å². The summed E-state index contributed by atoms with van der Waals surface area (Å²) in [6.07, 6.45) is 1.77. The fraction of sp³-hybridized carbons (Fsp3) is 0.368. The summed E-state index contributed by atoms with van der Waals surface area (Å²) in [5, 5.41) is 20.2. The molecule has 0 bridgehead atoms. The van der Waals surface area contributed by atoms with Crippen LogP contribution < -0.4 is 9.47 Å². The van der Waals surface area contributed by atoms with Gasteiger partial charge in [-0.05, 0) is 59.4 Å². The topological polar surface area (TPSA) is 62.2 Å². The fourth-order valence-corrected chi connectivity index (χ4v) is 3.94. The smallest absolute Gasteiger partial charge is 0.160 e. The number of hydrogen-bond donors (Lipinski definition) is 2. The number of nitrogens with zero attached hydrogens (tertiary/aromatic N) is 1. The third kappa shape index (κ3) is 2.27. The van der Waals surface area contributed by atoms with Gasteiger partial charge in [0.05, 0.1) is 14.2 Å². The molecule has 0 saturated carbocycles. The third-order valence-electron chi connectivity index (χ3n) is 5.20. The largest absolute Gasteiger partial charge is 0.504 e. The number of phenols is 2. The van der Waals surface area contributed by atoms with Crippen molar-refractivity contribution < 1.29 is 19.7 Å². The molecule has 0 saturated heterocycles. The average Bonchev–Trinajstić information content (AvgIpc) is 2.59. The van der Waals surface area contributed by atoms with Gasteiger partial charge in [-0.15, -0.1) is 0 Å². The van der Waals surface area contributed by atoms with Gasteiger partial charge >= 0.3 is 0 Å². The molecule has 2 aliphatic rings. The molecule has 0 spiro atoms. The van der Waals surface area contributed by atoms with Gasteiger partial charge in [0.1, 0.15) is 0 Å². The minimum atomic E-state index is 0.187. The van der Waals surface area contributed by atoms with Gasteiger partial charge < -0.3 is 19.7 Å². The molecule has 2 aromatic rings. The number of rotatable bonds is 2. The van der Waals surface area contributed by atoms with Crippen molar-refractivity contribution in [3.63, 3.8) is 0 Å². The normalized spacial score (nSPS) is 19.2. The van der Waals surface area contributed by atoms with E-state index in [0.717, 1.165) is 37.1 Å². The predicted molar refractivity (Wildman–Crippen MR) is 89.9 cm³/mol. The van der Waals surface area contributed by atoms with Gasteiger partial charge in [0.15, 0.2) is 23.0 Å². The SMILES string of the molecule is COc1cc2c(cc1O)CN1CCc3cc(OC)c(O)cc3[C@@H]1C2. The zero-order valence-electron chi connectivity index (χ0n) is 13.9. The minimum absolute atomic E-state index is 0.187. The van der Waals surface area contributed by atoms with E-state index >= 15 is 0 Å². The molecule has 0 fully saturated rings. The van der Waals surface area contributed by atoms with E-state index in [1.165, 1.54) is 11.1 Å². The molecule has 4 rings (SSSR count). The maximum absolute atomic E-state index is 10.2. The monoisotopic (exact) mass is 327 g/mol. The molecule has 0 unspecified atom stereocenters. The number of benzene rings is 2. The first-order chi connectivity index (χ1) is 11.6. The molecule has 0 radical (unpaired) electrons. The summed E-state index contributed by atoms with van der Waals surface area (Å²) in [5.74, 6) is 1.42. The van der Waals surface area contributed by atoms with Crippen LogP contribution in [0.1, 0.15) is 28.3 Å². The maximum Gasteiger partial charge on any atom is 0.160 e. The number of phenolic OH excluding ortho intramolecular Hbond substituents is 2. The molecule has 0 aliphatic carbocycles. The van der Waals surface area contributed by atoms with Crippen LogP contribution in [-0.4, -0.2) is 35.9 Å². The minimum Gasteiger partial charge on any atom is -0.504 e. The van der Waals surface area contributed by atoms with Crippen LogP contribution >= 0.6 is 0 Å². The quantitative estimate of drug-likeness (QED) is 0.888. The first-order valence-electron chi connectivity index (χ1n) is 8.13. The molecule has 5 heteroatoms. The molecule has 2 aliphatic heterocycles. The van der Waals surface area contributed by atoms with Crippen molar-refractivity contribution in [3.05, 3.63) is 46.5 Å². The number of ether oxygens (including phenoxy) is 2. The molecule has 0 amide bonds. The van der Waals surface area contributed by atoms with Gasteiger partial charge in [0.2, 0.25) is 0 Å². The summed E-state index contributed by atoms with van der Waals surface area (Å²) in [4.78, 5) is 2.41. The van der Waals surface area contributed by atoms with Crippen molar-refractivity contribution in [1.29, 1.82) is 0 Å². The number of fused-ring (bicyclic) bond motifs is 4. The number of aromatic hydroxyl groups is 2. The van der Waals surface area contributed by atoms with Crippen molar-refractivity contribution in [2.75, 3.05) is 20.8 Å². The van der Waals surface area contributed by atoms with Crippen molar-refractivity contribution in [1.82, 2.24) is 4.90 Å². The summed E-state index contributed by atoms with van der Waals surface area (Å²) in [7, 11) is 3.14. The lowest BCUT2D eigenvalue weighted by molar-refractivity contribution is 0.160. The van der Waals surface area contributed by atoms with Crippen LogP contribution in [0.15, 0.2) is 24.3 Å². The Morgan fingerprint density at radius 1 is 0.917 bits per heavy atom. The molecular formula is C19H21NO4. The van der Waals surface area contributed by atoms with Crippen LogP contribution in [0.3, 0.4) is 0 Å². The highest BCUT2D eigenvalue weighted by Gasteiger charge is 2.33. The van der Waals surface area contributed by atoms with Crippen molar-refractivity contribution in [2.24, 2.45) is 0 Å². The van der Waals surface area contributed by atoms with Gasteiger partial charge in [-0.25, -0.2) is 0 Å². The predicted octanol–water partition coefficient (Wildman–Crippen LogP) is 2.77. The van der Waals surface area contributed by atoms with Crippen molar-refractivity contribution in [2.45, 2.75) is 25.4 Å². The zero-order chi connectivity index (χ0) is 16.8. The van der Waals surface area contributed by atoms with Gasteiger partial charge in [0.25, 0.3) is 0 Å². The Morgan fingerprint density at radius 3 is 2.29 bits per heavy atom. The highest BCUT2D eigenvalue weighted by Crippen LogP contribution is 2.43. The van der Waals surface area contributed by atoms with E-state index in [4.69, 9.17) is 9.47 Å². The van der Waals surface area contributed by atoms with Crippen LogP contribution in [0.25, 0.3) is 0 Å². The molecule has 2 N–H and O–H groups in total. The first kappa shape index (κ1) is 15.1.